The number of fused-ring (bicyclic) bond motifs is 1. The lowest BCUT2D eigenvalue weighted by molar-refractivity contribution is 0.221. The van der Waals surface area contributed by atoms with Crippen LogP contribution in [-0.2, 0) is 23.2 Å². The summed E-state index contributed by atoms with van der Waals surface area (Å²) in [4.78, 5) is 15.5. The van der Waals surface area contributed by atoms with Crippen molar-refractivity contribution < 1.29 is 19.2 Å². The summed E-state index contributed by atoms with van der Waals surface area (Å²) in [5.41, 5.74) is 2.86. The van der Waals surface area contributed by atoms with Gasteiger partial charge in [-0.3, -0.25) is 10.2 Å². The predicted octanol–water partition coefficient (Wildman–Crippen LogP) is 4.90. The van der Waals surface area contributed by atoms with Crippen molar-refractivity contribution in [3.8, 4) is 11.4 Å². The van der Waals surface area contributed by atoms with Gasteiger partial charge in [0, 0.05) is 41.9 Å². The summed E-state index contributed by atoms with van der Waals surface area (Å²) in [6, 6.07) is 20.5. The second-order valence-corrected chi connectivity index (χ2v) is 12.9. The molecular weight excluding hydrogens is 538 g/mol. The van der Waals surface area contributed by atoms with Crippen molar-refractivity contribution in [3.05, 3.63) is 78.0 Å². The summed E-state index contributed by atoms with van der Waals surface area (Å²) in [5, 5.41) is 21.9. The fourth-order valence-electron chi connectivity index (χ4n) is 4.74. The molecule has 1 fully saturated rings. The number of rotatable bonds is 8. The molecule has 9 nitrogen and oxygen atoms in total. The Labute approximate surface area is 243 Å². The quantitative estimate of drug-likeness (QED) is 0.258. The molecule has 0 radical (unpaired) electrons. The molecule has 4 aromatic rings. The standard InChI is InChI=1S/C31H37N5O4S/c1-31(2,3)28-20-29(36(34-28)23-10-8-22(21-37)9-11-23)33-30(38)32-26-12-13-27(25-7-5-4-6-24(25)26)40-17-14-35-15-18-41(39)19-16-35/h4-13,20,37H,14-19,21H2,1-3H3,(H2,32,33,38). The Hall–Kier alpha value is -3.57. The van der Waals surface area contributed by atoms with Gasteiger partial charge in [0.25, 0.3) is 0 Å². The van der Waals surface area contributed by atoms with Gasteiger partial charge in [-0.15, -0.1) is 0 Å². The van der Waals surface area contributed by atoms with Gasteiger partial charge in [0.05, 0.1) is 23.7 Å². The summed E-state index contributed by atoms with van der Waals surface area (Å²) in [6.07, 6.45) is 0. The number of urea groups is 1. The number of aliphatic hydroxyl groups is 1. The molecule has 0 spiro atoms. The van der Waals surface area contributed by atoms with Crippen molar-refractivity contribution in [2.75, 3.05) is 48.4 Å². The maximum atomic E-state index is 13.3. The van der Waals surface area contributed by atoms with Crippen LogP contribution in [0.5, 0.6) is 5.75 Å². The second-order valence-electron chi connectivity index (χ2n) is 11.2. The molecule has 2 heterocycles. The van der Waals surface area contributed by atoms with Crippen molar-refractivity contribution in [1.29, 1.82) is 0 Å². The molecule has 0 bridgehead atoms. The number of aromatic nitrogens is 2. The molecule has 0 atom stereocenters. The first kappa shape index (κ1) is 28.9. The Bertz CT molecular complexity index is 1490. The van der Waals surface area contributed by atoms with E-state index in [0.29, 0.717) is 18.1 Å². The number of aliphatic hydroxyl groups excluding tert-OH is 1. The molecule has 5 rings (SSSR count). The van der Waals surface area contributed by atoms with Crippen LogP contribution in [0, 0.1) is 0 Å². The third-order valence-electron chi connectivity index (χ3n) is 7.15. The lowest BCUT2D eigenvalue weighted by Crippen LogP contribution is -2.42. The van der Waals surface area contributed by atoms with E-state index in [2.05, 4.69) is 36.3 Å². The van der Waals surface area contributed by atoms with Gasteiger partial charge in [-0.2, -0.15) is 5.10 Å². The SMILES string of the molecule is CC(C)(C)c1cc(NC(=O)Nc2ccc(OCCN3CC[S+]([O-])CC3)c3ccccc23)n(-c2ccc(CO)cc2)n1. The molecule has 216 valence electrons. The van der Waals surface area contributed by atoms with Gasteiger partial charge in [-0.25, -0.2) is 9.48 Å². The van der Waals surface area contributed by atoms with Crippen LogP contribution in [0.2, 0.25) is 0 Å². The zero-order valence-electron chi connectivity index (χ0n) is 23.7. The van der Waals surface area contributed by atoms with E-state index in [4.69, 9.17) is 9.84 Å². The number of anilines is 2. The van der Waals surface area contributed by atoms with Crippen molar-refractivity contribution in [2.45, 2.75) is 32.8 Å². The van der Waals surface area contributed by atoms with Crippen LogP contribution in [0.3, 0.4) is 0 Å². The van der Waals surface area contributed by atoms with Crippen molar-refractivity contribution in [2.24, 2.45) is 0 Å². The summed E-state index contributed by atoms with van der Waals surface area (Å²) in [5.74, 6) is 2.74. The maximum absolute atomic E-state index is 13.3. The Morgan fingerprint density at radius 2 is 1.73 bits per heavy atom. The number of amides is 2. The molecule has 1 saturated heterocycles. The fourth-order valence-corrected chi connectivity index (χ4v) is 5.86. The van der Waals surface area contributed by atoms with Gasteiger partial charge in [-0.05, 0) is 29.8 Å². The average molecular weight is 576 g/mol. The molecule has 1 aliphatic heterocycles. The normalized spacial score (nSPS) is 14.8. The largest absolute Gasteiger partial charge is 0.616 e. The first-order valence-corrected chi connectivity index (χ1v) is 15.3. The van der Waals surface area contributed by atoms with Crippen LogP contribution < -0.4 is 15.4 Å². The van der Waals surface area contributed by atoms with E-state index in [9.17, 15) is 14.5 Å². The van der Waals surface area contributed by atoms with Crippen molar-refractivity contribution in [1.82, 2.24) is 14.7 Å². The predicted molar refractivity (Wildman–Crippen MR) is 165 cm³/mol. The zero-order chi connectivity index (χ0) is 29.0. The van der Waals surface area contributed by atoms with E-state index >= 15 is 0 Å². The van der Waals surface area contributed by atoms with E-state index in [1.807, 2.05) is 66.7 Å². The van der Waals surface area contributed by atoms with Crippen LogP contribution in [0.15, 0.2) is 66.7 Å². The van der Waals surface area contributed by atoms with E-state index in [1.54, 1.807) is 4.68 Å². The molecule has 1 aliphatic rings. The monoisotopic (exact) mass is 575 g/mol. The van der Waals surface area contributed by atoms with Gasteiger partial charge in [0.1, 0.15) is 29.7 Å². The molecule has 0 aliphatic carbocycles. The molecule has 3 aromatic carbocycles. The van der Waals surface area contributed by atoms with Crippen LogP contribution in [0.25, 0.3) is 16.5 Å². The molecule has 2 amide bonds. The van der Waals surface area contributed by atoms with E-state index in [1.165, 1.54) is 0 Å². The van der Waals surface area contributed by atoms with Gasteiger partial charge in [-0.1, -0.05) is 68.3 Å². The number of hydrogen-bond acceptors (Lipinski definition) is 6. The average Bonchev–Trinajstić information content (AvgIpc) is 3.39. The number of carbonyl (C=O) groups excluding carboxylic acids is 1. The highest BCUT2D eigenvalue weighted by Crippen LogP contribution is 2.32. The Morgan fingerprint density at radius 3 is 2.41 bits per heavy atom. The number of nitrogens with one attached hydrogen (secondary N) is 2. The van der Waals surface area contributed by atoms with E-state index in [0.717, 1.165) is 64.6 Å². The van der Waals surface area contributed by atoms with Gasteiger partial charge < -0.3 is 19.7 Å². The first-order chi connectivity index (χ1) is 19.7. The van der Waals surface area contributed by atoms with E-state index < -0.39 is 11.2 Å². The molecule has 1 aromatic heterocycles. The van der Waals surface area contributed by atoms with Crippen molar-refractivity contribution >= 4 is 39.5 Å². The number of carbonyl (C=O) groups is 1. The summed E-state index contributed by atoms with van der Waals surface area (Å²) in [7, 11) is 0. The molecular formula is C31H37N5O4S. The Balaban J connectivity index is 1.32. The fraction of sp³-hybridized carbons (Fsp3) is 0.355. The smallest absolute Gasteiger partial charge is 0.324 e. The molecule has 3 N–H and O–H groups in total. The van der Waals surface area contributed by atoms with Crippen LogP contribution in [-0.4, -0.2) is 68.1 Å². The number of benzene rings is 3. The highest BCUT2D eigenvalue weighted by atomic mass is 32.2. The highest BCUT2D eigenvalue weighted by Gasteiger charge is 2.22. The number of hydrogen-bond donors (Lipinski definition) is 3. The third kappa shape index (κ3) is 7.02. The number of ether oxygens (including phenoxy) is 1. The summed E-state index contributed by atoms with van der Waals surface area (Å²) in [6.45, 7) is 9.15. The van der Waals surface area contributed by atoms with Crippen LogP contribution >= 0.6 is 0 Å². The minimum absolute atomic E-state index is 0.0421. The van der Waals surface area contributed by atoms with Gasteiger partial charge in [0.15, 0.2) is 0 Å². The third-order valence-corrected chi connectivity index (χ3v) is 8.43. The van der Waals surface area contributed by atoms with Crippen LogP contribution in [0.4, 0.5) is 16.3 Å². The number of nitrogens with zero attached hydrogens (tertiary/aromatic N) is 3. The van der Waals surface area contributed by atoms with E-state index in [-0.39, 0.29) is 18.1 Å². The highest BCUT2D eigenvalue weighted by molar-refractivity contribution is 7.91. The molecule has 41 heavy (non-hydrogen) atoms. The Morgan fingerprint density at radius 1 is 1.02 bits per heavy atom. The van der Waals surface area contributed by atoms with Crippen molar-refractivity contribution in [3.63, 3.8) is 0 Å². The lowest BCUT2D eigenvalue weighted by atomic mass is 9.92. The summed E-state index contributed by atoms with van der Waals surface area (Å²) >= 11 is -0.693. The van der Waals surface area contributed by atoms with Crippen LogP contribution in [0.1, 0.15) is 32.0 Å². The maximum Gasteiger partial charge on any atom is 0.324 e. The first-order valence-electron chi connectivity index (χ1n) is 13.8. The zero-order valence-corrected chi connectivity index (χ0v) is 24.5. The molecule has 0 unspecified atom stereocenters. The minimum atomic E-state index is -0.693. The molecule has 0 saturated carbocycles. The second kappa shape index (κ2) is 12.5. The van der Waals surface area contributed by atoms with Gasteiger partial charge >= 0.3 is 6.03 Å². The Kier molecular flexibility index (Phi) is 8.84. The topological polar surface area (TPSA) is 115 Å². The lowest BCUT2D eigenvalue weighted by Gasteiger charge is -2.27. The molecule has 10 heteroatoms. The summed E-state index contributed by atoms with van der Waals surface area (Å²) < 4.78 is 19.5. The van der Waals surface area contributed by atoms with Gasteiger partial charge in [0.2, 0.25) is 0 Å². The minimum Gasteiger partial charge on any atom is -0.616 e.